The lowest BCUT2D eigenvalue weighted by atomic mass is 10.1. The Bertz CT molecular complexity index is 419. The maximum absolute atomic E-state index is 12.1. The Balaban J connectivity index is 2.79. The van der Waals surface area contributed by atoms with Gasteiger partial charge in [0.15, 0.2) is 0 Å². The van der Waals surface area contributed by atoms with Crippen LogP contribution in [0.2, 0.25) is 0 Å². The number of phenolic OH excluding ortho intramolecular Hbond substituents is 1. The molecule has 0 spiro atoms. The third-order valence-electron chi connectivity index (χ3n) is 2.95. The number of benzene rings is 1. The summed E-state index contributed by atoms with van der Waals surface area (Å²) >= 11 is 1.51. The number of hydrogen-bond donors (Lipinski definition) is 3. The van der Waals surface area contributed by atoms with Gasteiger partial charge in [-0.1, -0.05) is 6.07 Å². The molecule has 0 aliphatic rings. The summed E-state index contributed by atoms with van der Waals surface area (Å²) in [6, 6.07) is 4.72. The van der Waals surface area contributed by atoms with Crippen molar-refractivity contribution < 1.29 is 15.0 Å². The van der Waals surface area contributed by atoms with Crippen molar-refractivity contribution in [1.29, 1.82) is 0 Å². The summed E-state index contributed by atoms with van der Waals surface area (Å²) < 4.78 is 0. The molecule has 0 saturated carbocycles. The Morgan fingerprint density at radius 3 is 2.72 bits per heavy atom. The van der Waals surface area contributed by atoms with E-state index in [4.69, 9.17) is 5.11 Å². The topological polar surface area (TPSA) is 69.6 Å². The van der Waals surface area contributed by atoms with Crippen LogP contribution in [0.15, 0.2) is 18.2 Å². The van der Waals surface area contributed by atoms with E-state index in [1.165, 1.54) is 11.8 Å². The van der Waals surface area contributed by atoms with E-state index in [1.54, 1.807) is 25.1 Å². The molecule has 0 bridgehead atoms. The van der Waals surface area contributed by atoms with Gasteiger partial charge < -0.3 is 15.5 Å². The minimum Gasteiger partial charge on any atom is -0.508 e. The first-order valence-electron chi connectivity index (χ1n) is 5.74. The molecule has 5 heteroatoms. The van der Waals surface area contributed by atoms with Crippen LogP contribution in [0.25, 0.3) is 0 Å². The molecule has 0 heterocycles. The Labute approximate surface area is 111 Å². The average molecular weight is 269 g/mol. The van der Waals surface area contributed by atoms with Crippen LogP contribution in [0.5, 0.6) is 5.75 Å². The predicted octanol–water partition coefficient (Wildman–Crippen LogP) is 1.54. The van der Waals surface area contributed by atoms with Gasteiger partial charge in [0.2, 0.25) is 0 Å². The second-order valence-electron chi connectivity index (χ2n) is 4.17. The number of aromatic hydroxyl groups is 1. The summed E-state index contributed by atoms with van der Waals surface area (Å²) in [5, 5.41) is 21.5. The van der Waals surface area contributed by atoms with E-state index in [1.807, 2.05) is 13.2 Å². The van der Waals surface area contributed by atoms with Crippen LogP contribution in [-0.4, -0.2) is 40.3 Å². The zero-order chi connectivity index (χ0) is 13.7. The minimum absolute atomic E-state index is 0.0155. The fourth-order valence-electron chi connectivity index (χ4n) is 1.68. The molecule has 0 aliphatic carbocycles. The van der Waals surface area contributed by atoms with Gasteiger partial charge in [0, 0.05) is 22.4 Å². The van der Waals surface area contributed by atoms with Gasteiger partial charge in [-0.3, -0.25) is 4.79 Å². The van der Waals surface area contributed by atoms with Crippen molar-refractivity contribution in [1.82, 2.24) is 5.32 Å². The fourth-order valence-corrected chi connectivity index (χ4v) is 2.31. The zero-order valence-electron chi connectivity index (χ0n) is 10.8. The average Bonchev–Trinajstić information content (AvgIpc) is 2.34. The third-order valence-corrected chi connectivity index (χ3v) is 4.11. The molecule has 0 saturated heterocycles. The van der Waals surface area contributed by atoms with Gasteiger partial charge in [-0.15, -0.1) is 0 Å². The first-order chi connectivity index (χ1) is 8.51. The smallest absolute Gasteiger partial charge is 0.251 e. The number of aliphatic hydroxyl groups excluding tert-OH is 1. The molecule has 1 aromatic carbocycles. The van der Waals surface area contributed by atoms with E-state index in [9.17, 15) is 9.90 Å². The molecule has 1 amide bonds. The monoisotopic (exact) mass is 269 g/mol. The SMILES string of the molecule is CSC(CO)C(C)NC(=O)c1cccc(O)c1C. The van der Waals surface area contributed by atoms with Crippen LogP contribution in [0.1, 0.15) is 22.8 Å². The van der Waals surface area contributed by atoms with Crippen molar-refractivity contribution in [3.05, 3.63) is 29.3 Å². The standard InChI is InChI=1S/C13H19NO3S/c1-8-10(5-4-6-11(8)16)13(17)14-9(2)12(7-15)18-3/h4-6,9,12,15-16H,7H2,1-3H3,(H,14,17). The van der Waals surface area contributed by atoms with Crippen molar-refractivity contribution in [3.8, 4) is 5.75 Å². The zero-order valence-corrected chi connectivity index (χ0v) is 11.6. The van der Waals surface area contributed by atoms with Crippen LogP contribution in [-0.2, 0) is 0 Å². The van der Waals surface area contributed by atoms with E-state index >= 15 is 0 Å². The Morgan fingerprint density at radius 2 is 2.17 bits per heavy atom. The van der Waals surface area contributed by atoms with Crippen molar-refractivity contribution in [3.63, 3.8) is 0 Å². The molecule has 100 valence electrons. The highest BCUT2D eigenvalue weighted by molar-refractivity contribution is 7.99. The van der Waals surface area contributed by atoms with Gasteiger partial charge >= 0.3 is 0 Å². The number of carbonyl (C=O) groups is 1. The molecule has 2 unspecified atom stereocenters. The highest BCUT2D eigenvalue weighted by atomic mass is 32.2. The maximum Gasteiger partial charge on any atom is 0.251 e. The number of carbonyl (C=O) groups excluding carboxylic acids is 1. The summed E-state index contributed by atoms with van der Waals surface area (Å²) in [6.07, 6.45) is 1.89. The molecule has 0 radical (unpaired) electrons. The van der Waals surface area contributed by atoms with E-state index in [2.05, 4.69) is 5.32 Å². The summed E-state index contributed by atoms with van der Waals surface area (Å²) in [5.41, 5.74) is 1.02. The third kappa shape index (κ3) is 3.40. The summed E-state index contributed by atoms with van der Waals surface area (Å²) in [7, 11) is 0. The second kappa shape index (κ2) is 6.66. The van der Waals surface area contributed by atoms with Crippen LogP contribution >= 0.6 is 11.8 Å². The molecule has 3 N–H and O–H groups in total. The Kier molecular flexibility index (Phi) is 5.50. The van der Waals surface area contributed by atoms with Gasteiger partial charge in [0.25, 0.3) is 5.91 Å². The molecule has 0 aromatic heterocycles. The first-order valence-corrected chi connectivity index (χ1v) is 7.03. The van der Waals surface area contributed by atoms with Gasteiger partial charge in [0.1, 0.15) is 5.75 Å². The molecule has 0 aliphatic heterocycles. The fraction of sp³-hybridized carbons (Fsp3) is 0.462. The summed E-state index contributed by atoms with van der Waals surface area (Å²) in [6.45, 7) is 3.57. The van der Waals surface area contributed by atoms with E-state index < -0.39 is 0 Å². The molecule has 0 fully saturated rings. The van der Waals surface area contributed by atoms with Crippen LogP contribution in [0.4, 0.5) is 0 Å². The number of hydrogen-bond acceptors (Lipinski definition) is 4. The molecular formula is C13H19NO3S. The number of thioether (sulfide) groups is 1. The largest absolute Gasteiger partial charge is 0.508 e. The molecule has 1 aromatic rings. The van der Waals surface area contributed by atoms with Crippen LogP contribution in [0.3, 0.4) is 0 Å². The number of rotatable bonds is 5. The molecule has 1 rings (SSSR count). The summed E-state index contributed by atoms with van der Waals surface area (Å²) in [5.74, 6) is -0.123. The van der Waals surface area contributed by atoms with E-state index in [-0.39, 0.29) is 29.6 Å². The minimum atomic E-state index is -0.233. The number of phenols is 1. The van der Waals surface area contributed by atoms with Crippen molar-refractivity contribution in [2.24, 2.45) is 0 Å². The predicted molar refractivity (Wildman–Crippen MR) is 74.2 cm³/mol. The van der Waals surface area contributed by atoms with Crippen molar-refractivity contribution in [2.45, 2.75) is 25.1 Å². The van der Waals surface area contributed by atoms with Crippen molar-refractivity contribution >= 4 is 17.7 Å². The van der Waals surface area contributed by atoms with Crippen LogP contribution < -0.4 is 5.32 Å². The molecule has 4 nitrogen and oxygen atoms in total. The second-order valence-corrected chi connectivity index (χ2v) is 5.25. The van der Waals surface area contributed by atoms with Gasteiger partial charge in [-0.25, -0.2) is 0 Å². The molecular weight excluding hydrogens is 250 g/mol. The summed E-state index contributed by atoms with van der Waals surface area (Å²) in [4.78, 5) is 12.1. The highest BCUT2D eigenvalue weighted by Gasteiger charge is 2.19. The number of amides is 1. The first kappa shape index (κ1) is 14.9. The quantitative estimate of drug-likeness (QED) is 0.758. The lowest BCUT2D eigenvalue weighted by molar-refractivity contribution is 0.0935. The van der Waals surface area contributed by atoms with E-state index in [0.717, 1.165) is 0 Å². The molecule has 18 heavy (non-hydrogen) atoms. The number of aliphatic hydroxyl groups is 1. The maximum atomic E-state index is 12.1. The Hall–Kier alpha value is -1.20. The normalized spacial score (nSPS) is 14.0. The lowest BCUT2D eigenvalue weighted by Gasteiger charge is -2.21. The van der Waals surface area contributed by atoms with Gasteiger partial charge in [0.05, 0.1) is 6.61 Å². The molecule has 2 atom stereocenters. The van der Waals surface area contributed by atoms with Crippen molar-refractivity contribution in [2.75, 3.05) is 12.9 Å². The van der Waals surface area contributed by atoms with Gasteiger partial charge in [-0.05, 0) is 32.2 Å². The number of nitrogens with one attached hydrogen (secondary N) is 1. The lowest BCUT2D eigenvalue weighted by Crippen LogP contribution is -2.41. The Morgan fingerprint density at radius 1 is 1.50 bits per heavy atom. The van der Waals surface area contributed by atoms with Gasteiger partial charge in [-0.2, -0.15) is 11.8 Å². The van der Waals surface area contributed by atoms with E-state index in [0.29, 0.717) is 11.1 Å². The van der Waals surface area contributed by atoms with Crippen LogP contribution in [0, 0.1) is 6.92 Å². The highest BCUT2D eigenvalue weighted by Crippen LogP contribution is 2.20.